The zero-order chi connectivity index (χ0) is 19.4. The summed E-state index contributed by atoms with van der Waals surface area (Å²) in [5.41, 5.74) is 1.36. The van der Waals surface area contributed by atoms with E-state index < -0.39 is 10.8 Å². The Morgan fingerprint density at radius 1 is 1.22 bits per heavy atom. The van der Waals surface area contributed by atoms with E-state index in [9.17, 15) is 14.9 Å². The van der Waals surface area contributed by atoms with Crippen LogP contribution < -0.4 is 5.32 Å². The van der Waals surface area contributed by atoms with Gasteiger partial charge in [0.1, 0.15) is 5.56 Å². The Morgan fingerprint density at radius 2 is 1.93 bits per heavy atom. The van der Waals surface area contributed by atoms with E-state index in [0.29, 0.717) is 17.1 Å². The molecule has 0 aliphatic carbocycles. The van der Waals surface area contributed by atoms with Crippen molar-refractivity contribution >= 4 is 23.2 Å². The van der Waals surface area contributed by atoms with Gasteiger partial charge >= 0.3 is 0 Å². The molecule has 1 saturated heterocycles. The number of nitro benzene ring substituents is 1. The number of para-hydroxylation sites is 1. The van der Waals surface area contributed by atoms with Crippen LogP contribution in [0.15, 0.2) is 42.5 Å². The minimum atomic E-state index is -0.504. The smallest absolute Gasteiger partial charge is 0.285 e. The van der Waals surface area contributed by atoms with E-state index in [2.05, 4.69) is 10.2 Å². The Kier molecular flexibility index (Phi) is 6.08. The summed E-state index contributed by atoms with van der Waals surface area (Å²) in [6.07, 6.45) is 2.22. The van der Waals surface area contributed by atoms with Crippen LogP contribution >= 0.6 is 11.6 Å². The van der Waals surface area contributed by atoms with E-state index in [1.807, 2.05) is 24.3 Å². The molecule has 1 heterocycles. The number of nitro groups is 1. The number of nitrogens with one attached hydrogen (secondary N) is 1. The van der Waals surface area contributed by atoms with Crippen LogP contribution in [-0.4, -0.2) is 35.4 Å². The molecule has 0 spiro atoms. The highest BCUT2D eigenvalue weighted by atomic mass is 35.5. The van der Waals surface area contributed by atoms with E-state index >= 15 is 0 Å². The number of carbonyl (C=O) groups is 1. The summed E-state index contributed by atoms with van der Waals surface area (Å²) >= 11 is 6.39. The van der Waals surface area contributed by atoms with Crippen LogP contribution in [0.4, 0.5) is 5.69 Å². The molecule has 0 radical (unpaired) electrons. The molecular weight excluding hydrogens is 366 g/mol. The Balaban J connectivity index is 1.82. The molecule has 6 nitrogen and oxygen atoms in total. The van der Waals surface area contributed by atoms with Crippen molar-refractivity contribution in [2.75, 3.05) is 19.6 Å². The number of hydrogen-bond donors (Lipinski definition) is 1. The van der Waals surface area contributed by atoms with Gasteiger partial charge in [0.15, 0.2) is 0 Å². The largest absolute Gasteiger partial charge is 0.350 e. The van der Waals surface area contributed by atoms with Crippen molar-refractivity contribution < 1.29 is 9.72 Å². The number of carbonyl (C=O) groups excluding carboxylic acids is 1. The number of amides is 1. The average Bonchev–Trinajstić information content (AvgIpc) is 3.17. The van der Waals surface area contributed by atoms with Crippen LogP contribution in [0.2, 0.25) is 5.02 Å². The first-order chi connectivity index (χ1) is 13.0. The second-order valence-corrected chi connectivity index (χ2v) is 7.13. The van der Waals surface area contributed by atoms with Crippen molar-refractivity contribution in [2.24, 2.45) is 0 Å². The van der Waals surface area contributed by atoms with Crippen molar-refractivity contribution in [1.82, 2.24) is 10.2 Å². The molecule has 1 aliphatic rings. The normalized spacial score (nSPS) is 15.5. The van der Waals surface area contributed by atoms with Crippen molar-refractivity contribution in [3.63, 3.8) is 0 Å². The summed E-state index contributed by atoms with van der Waals surface area (Å²) in [5, 5.41) is 14.9. The monoisotopic (exact) mass is 387 g/mol. The molecule has 3 rings (SSSR count). The number of rotatable bonds is 6. The van der Waals surface area contributed by atoms with Gasteiger partial charge in [-0.1, -0.05) is 41.9 Å². The van der Waals surface area contributed by atoms with Crippen LogP contribution in [0.1, 0.15) is 40.4 Å². The maximum Gasteiger partial charge on any atom is 0.285 e. The fraction of sp³-hybridized carbons (Fsp3) is 0.350. The van der Waals surface area contributed by atoms with Gasteiger partial charge in [-0.2, -0.15) is 0 Å². The van der Waals surface area contributed by atoms with E-state index in [1.54, 1.807) is 19.1 Å². The van der Waals surface area contributed by atoms with Gasteiger partial charge in [0, 0.05) is 17.1 Å². The lowest BCUT2D eigenvalue weighted by Crippen LogP contribution is -2.37. The molecule has 1 N–H and O–H groups in total. The molecular formula is C20H22ClN3O3. The highest BCUT2D eigenvalue weighted by molar-refractivity contribution is 6.31. The molecule has 27 heavy (non-hydrogen) atoms. The summed E-state index contributed by atoms with van der Waals surface area (Å²) in [5.74, 6) is -0.443. The first-order valence-electron chi connectivity index (χ1n) is 8.99. The number of hydrogen-bond acceptors (Lipinski definition) is 4. The topological polar surface area (TPSA) is 75.5 Å². The van der Waals surface area contributed by atoms with Crippen LogP contribution in [-0.2, 0) is 0 Å². The molecule has 1 fully saturated rings. The van der Waals surface area contributed by atoms with Crippen molar-refractivity contribution in [3.05, 3.63) is 74.3 Å². The lowest BCUT2D eigenvalue weighted by atomic mass is 10.0. The zero-order valence-corrected chi connectivity index (χ0v) is 15.9. The fourth-order valence-corrected chi connectivity index (χ4v) is 3.87. The molecule has 1 unspecified atom stereocenters. The SMILES string of the molecule is Cc1cccc(C(=O)NCC(c2ccccc2Cl)N2CCCC2)c1[N+](=O)[O-]. The van der Waals surface area contributed by atoms with Crippen LogP contribution in [0.5, 0.6) is 0 Å². The van der Waals surface area contributed by atoms with Gasteiger partial charge in [0.25, 0.3) is 11.6 Å². The molecule has 1 aliphatic heterocycles. The van der Waals surface area contributed by atoms with E-state index in [1.165, 1.54) is 6.07 Å². The molecule has 1 amide bonds. The standard InChI is InChI=1S/C20H22ClN3O3/c1-14-7-6-9-16(19(14)24(26)27)20(25)22-13-18(23-11-4-5-12-23)15-8-2-3-10-17(15)21/h2-3,6-10,18H,4-5,11-13H2,1H3,(H,22,25). The zero-order valence-electron chi connectivity index (χ0n) is 15.2. The third kappa shape index (κ3) is 4.28. The summed E-state index contributed by atoms with van der Waals surface area (Å²) in [7, 11) is 0. The maximum atomic E-state index is 12.7. The summed E-state index contributed by atoms with van der Waals surface area (Å²) in [6, 6.07) is 12.3. The number of nitrogens with zero attached hydrogens (tertiary/aromatic N) is 2. The minimum absolute atomic E-state index is 0.0611. The van der Waals surface area contributed by atoms with Gasteiger partial charge in [-0.15, -0.1) is 0 Å². The third-order valence-corrected chi connectivity index (χ3v) is 5.31. The van der Waals surface area contributed by atoms with Gasteiger partial charge in [0.2, 0.25) is 0 Å². The molecule has 0 saturated carbocycles. The number of aryl methyl sites for hydroxylation is 1. The summed E-state index contributed by atoms with van der Waals surface area (Å²) in [4.78, 5) is 25.8. The molecule has 1 atom stereocenters. The molecule has 0 aromatic heterocycles. The molecule has 0 bridgehead atoms. The average molecular weight is 388 g/mol. The number of halogens is 1. The van der Waals surface area contributed by atoms with Crippen LogP contribution in [0.25, 0.3) is 0 Å². The predicted molar refractivity (Wildman–Crippen MR) is 105 cm³/mol. The number of likely N-dealkylation sites (tertiary alicyclic amines) is 1. The van der Waals surface area contributed by atoms with Crippen molar-refractivity contribution in [2.45, 2.75) is 25.8 Å². The van der Waals surface area contributed by atoms with Gasteiger partial charge in [-0.25, -0.2) is 0 Å². The quantitative estimate of drug-likeness (QED) is 0.597. The predicted octanol–water partition coefficient (Wildman–Crippen LogP) is 4.12. The van der Waals surface area contributed by atoms with Gasteiger partial charge < -0.3 is 5.32 Å². The summed E-state index contributed by atoms with van der Waals surface area (Å²) in [6.45, 7) is 3.85. The lowest BCUT2D eigenvalue weighted by molar-refractivity contribution is -0.385. The Bertz CT molecular complexity index is 850. The van der Waals surface area contributed by atoms with E-state index in [0.717, 1.165) is 31.5 Å². The highest BCUT2D eigenvalue weighted by Gasteiger charge is 2.27. The lowest BCUT2D eigenvalue weighted by Gasteiger charge is -2.29. The molecule has 2 aromatic carbocycles. The minimum Gasteiger partial charge on any atom is -0.350 e. The molecule has 2 aromatic rings. The van der Waals surface area contributed by atoms with Gasteiger partial charge in [-0.3, -0.25) is 19.8 Å². The Hall–Kier alpha value is -2.44. The van der Waals surface area contributed by atoms with E-state index in [-0.39, 0.29) is 17.3 Å². The highest BCUT2D eigenvalue weighted by Crippen LogP contribution is 2.30. The third-order valence-electron chi connectivity index (χ3n) is 4.97. The van der Waals surface area contributed by atoms with Crippen LogP contribution in [0, 0.1) is 17.0 Å². The van der Waals surface area contributed by atoms with Crippen LogP contribution in [0.3, 0.4) is 0 Å². The van der Waals surface area contributed by atoms with Gasteiger partial charge in [0.05, 0.1) is 11.0 Å². The molecule has 142 valence electrons. The second-order valence-electron chi connectivity index (χ2n) is 6.72. The first-order valence-corrected chi connectivity index (χ1v) is 9.37. The van der Waals surface area contributed by atoms with Crippen molar-refractivity contribution in [3.8, 4) is 0 Å². The van der Waals surface area contributed by atoms with Crippen molar-refractivity contribution in [1.29, 1.82) is 0 Å². The first kappa shape index (κ1) is 19.3. The second kappa shape index (κ2) is 8.50. The Labute approximate surface area is 163 Å². The van der Waals surface area contributed by atoms with E-state index in [4.69, 9.17) is 11.6 Å². The maximum absolute atomic E-state index is 12.7. The summed E-state index contributed by atoms with van der Waals surface area (Å²) < 4.78 is 0. The fourth-order valence-electron chi connectivity index (χ4n) is 3.60. The number of benzene rings is 2. The van der Waals surface area contributed by atoms with Gasteiger partial charge in [-0.05, 0) is 50.6 Å². The molecule has 7 heteroatoms. The Morgan fingerprint density at radius 3 is 2.59 bits per heavy atom.